The summed E-state index contributed by atoms with van der Waals surface area (Å²) in [5.74, 6) is -0.299. The molecule has 1 aliphatic heterocycles. The first-order valence-corrected chi connectivity index (χ1v) is 11.2. The highest BCUT2D eigenvalue weighted by Gasteiger charge is 2.34. The van der Waals surface area contributed by atoms with Crippen molar-refractivity contribution in [2.45, 2.75) is 33.7 Å². The molecule has 2 heterocycles. The minimum absolute atomic E-state index is 0.0681. The van der Waals surface area contributed by atoms with E-state index in [0.29, 0.717) is 29.1 Å². The Labute approximate surface area is 184 Å². The number of piperazine rings is 1. The van der Waals surface area contributed by atoms with Crippen molar-refractivity contribution in [1.82, 2.24) is 4.98 Å². The van der Waals surface area contributed by atoms with Crippen LogP contribution in [0.25, 0.3) is 6.08 Å². The van der Waals surface area contributed by atoms with Crippen LogP contribution < -0.4 is 9.80 Å². The van der Waals surface area contributed by atoms with Crippen LogP contribution in [0.3, 0.4) is 0 Å². The van der Waals surface area contributed by atoms with Gasteiger partial charge in [-0.2, -0.15) is 0 Å². The summed E-state index contributed by atoms with van der Waals surface area (Å²) in [6.07, 6.45) is 4.42. The highest BCUT2D eigenvalue weighted by Crippen LogP contribution is 2.20. The maximum atomic E-state index is 13.2. The van der Waals surface area contributed by atoms with Crippen molar-refractivity contribution in [1.29, 1.82) is 0 Å². The van der Waals surface area contributed by atoms with Crippen LogP contribution in [0.15, 0.2) is 36.4 Å². The molecule has 1 atom stereocenters. The molecule has 1 saturated heterocycles. The lowest BCUT2D eigenvalue weighted by Gasteiger charge is -2.32. The SMILES string of the molecule is CCOC(=O)c1c(C)[nH]c(C(=O)[C@@H](C)[NH+]2CC[NH+](C/C=C/c3ccccc3)CC2)c1C. The Balaban J connectivity index is 1.56. The van der Waals surface area contributed by atoms with Gasteiger partial charge in [-0.15, -0.1) is 0 Å². The number of ketones is 1. The summed E-state index contributed by atoms with van der Waals surface area (Å²) < 4.78 is 5.15. The Morgan fingerprint density at radius 2 is 1.81 bits per heavy atom. The molecule has 1 aromatic heterocycles. The van der Waals surface area contributed by atoms with Crippen molar-refractivity contribution in [3.8, 4) is 0 Å². The Morgan fingerprint density at radius 3 is 2.45 bits per heavy atom. The van der Waals surface area contributed by atoms with Gasteiger partial charge in [0.2, 0.25) is 5.78 Å². The van der Waals surface area contributed by atoms with Crippen LogP contribution >= 0.6 is 0 Å². The molecule has 31 heavy (non-hydrogen) atoms. The second kappa shape index (κ2) is 10.6. The Kier molecular flexibility index (Phi) is 7.82. The second-order valence-corrected chi connectivity index (χ2v) is 8.36. The predicted molar refractivity (Wildman–Crippen MR) is 122 cm³/mol. The van der Waals surface area contributed by atoms with Gasteiger partial charge in [0.15, 0.2) is 6.04 Å². The first-order valence-electron chi connectivity index (χ1n) is 11.2. The number of benzene rings is 1. The molecule has 0 saturated carbocycles. The van der Waals surface area contributed by atoms with Gasteiger partial charge in [-0.05, 0) is 44.9 Å². The number of hydrogen-bond acceptors (Lipinski definition) is 3. The molecule has 0 amide bonds. The van der Waals surface area contributed by atoms with E-state index in [9.17, 15) is 9.59 Å². The summed E-state index contributed by atoms with van der Waals surface area (Å²) in [4.78, 5) is 31.4. The Hall–Kier alpha value is -2.70. The van der Waals surface area contributed by atoms with Gasteiger partial charge < -0.3 is 19.5 Å². The number of aromatic nitrogens is 1. The third-order valence-electron chi connectivity index (χ3n) is 6.28. The minimum atomic E-state index is -0.367. The van der Waals surface area contributed by atoms with E-state index in [0.717, 1.165) is 32.7 Å². The molecule has 0 unspecified atom stereocenters. The summed E-state index contributed by atoms with van der Waals surface area (Å²) in [6.45, 7) is 12.8. The molecule has 6 heteroatoms. The number of ether oxygens (including phenoxy) is 1. The minimum Gasteiger partial charge on any atom is -0.462 e. The zero-order chi connectivity index (χ0) is 22.4. The lowest BCUT2D eigenvalue weighted by atomic mass is 10.0. The average molecular weight is 426 g/mol. The third-order valence-corrected chi connectivity index (χ3v) is 6.28. The number of Topliss-reactive ketones (excluding diaryl/α,β-unsaturated/α-hetero) is 1. The van der Waals surface area contributed by atoms with Gasteiger partial charge >= 0.3 is 5.97 Å². The van der Waals surface area contributed by atoms with Gasteiger partial charge in [0.1, 0.15) is 26.2 Å². The molecule has 1 fully saturated rings. The smallest absolute Gasteiger partial charge is 0.340 e. The lowest BCUT2D eigenvalue weighted by molar-refractivity contribution is -1.02. The fraction of sp³-hybridized carbons (Fsp3) is 0.440. The van der Waals surface area contributed by atoms with Crippen molar-refractivity contribution in [2.75, 3.05) is 39.3 Å². The maximum absolute atomic E-state index is 13.2. The number of quaternary nitrogens is 2. The number of aromatic amines is 1. The van der Waals surface area contributed by atoms with E-state index >= 15 is 0 Å². The first kappa shape index (κ1) is 23.0. The van der Waals surface area contributed by atoms with Crippen LogP contribution in [0.2, 0.25) is 0 Å². The van der Waals surface area contributed by atoms with Gasteiger partial charge in [-0.3, -0.25) is 4.79 Å². The third kappa shape index (κ3) is 5.51. The molecule has 6 nitrogen and oxygen atoms in total. The van der Waals surface area contributed by atoms with E-state index in [-0.39, 0.29) is 17.8 Å². The van der Waals surface area contributed by atoms with Crippen LogP contribution in [0.4, 0.5) is 0 Å². The van der Waals surface area contributed by atoms with Gasteiger partial charge in [0, 0.05) is 5.69 Å². The molecule has 1 aliphatic rings. The quantitative estimate of drug-likeness (QED) is 0.434. The van der Waals surface area contributed by atoms with Crippen LogP contribution in [0.5, 0.6) is 0 Å². The Morgan fingerprint density at radius 1 is 1.13 bits per heavy atom. The molecule has 1 aromatic carbocycles. The summed E-state index contributed by atoms with van der Waals surface area (Å²) in [5.41, 5.74) is 3.65. The Bertz CT molecular complexity index is 925. The van der Waals surface area contributed by atoms with Crippen molar-refractivity contribution >= 4 is 17.8 Å². The zero-order valence-electron chi connectivity index (χ0n) is 19.1. The number of carbonyl (C=O) groups is 2. The largest absolute Gasteiger partial charge is 0.462 e. The van der Waals surface area contributed by atoms with E-state index in [1.54, 1.807) is 11.8 Å². The normalized spacial score (nSPS) is 20.0. The average Bonchev–Trinajstić information content (AvgIpc) is 3.08. The molecule has 166 valence electrons. The van der Waals surface area contributed by atoms with E-state index < -0.39 is 0 Å². The molecule has 0 aliphatic carbocycles. The summed E-state index contributed by atoms with van der Waals surface area (Å²) in [5, 5.41) is 0. The van der Waals surface area contributed by atoms with Gasteiger partial charge in [0.05, 0.1) is 24.4 Å². The van der Waals surface area contributed by atoms with Gasteiger partial charge in [0.25, 0.3) is 0 Å². The number of esters is 1. The first-order chi connectivity index (χ1) is 14.9. The highest BCUT2D eigenvalue weighted by molar-refractivity contribution is 6.03. The molecule has 0 bridgehead atoms. The van der Waals surface area contributed by atoms with E-state index in [1.165, 1.54) is 10.5 Å². The van der Waals surface area contributed by atoms with Crippen molar-refractivity contribution < 1.29 is 24.1 Å². The maximum Gasteiger partial charge on any atom is 0.340 e. The molecule has 0 spiro atoms. The van der Waals surface area contributed by atoms with E-state index in [4.69, 9.17) is 4.74 Å². The van der Waals surface area contributed by atoms with Crippen molar-refractivity contribution in [3.05, 3.63) is 64.5 Å². The van der Waals surface area contributed by atoms with Crippen LogP contribution in [-0.4, -0.2) is 62.1 Å². The van der Waals surface area contributed by atoms with Crippen molar-refractivity contribution in [3.63, 3.8) is 0 Å². The fourth-order valence-corrected chi connectivity index (χ4v) is 4.40. The number of carbonyl (C=O) groups excluding carboxylic acids is 2. The molecule has 2 aromatic rings. The number of aryl methyl sites for hydroxylation is 1. The zero-order valence-corrected chi connectivity index (χ0v) is 19.1. The molecule has 0 radical (unpaired) electrons. The van der Waals surface area contributed by atoms with Crippen LogP contribution in [-0.2, 0) is 4.74 Å². The number of rotatable bonds is 8. The summed E-state index contributed by atoms with van der Waals surface area (Å²) >= 11 is 0. The molecular formula is C25H35N3O3+2. The fourth-order valence-electron chi connectivity index (χ4n) is 4.40. The summed E-state index contributed by atoms with van der Waals surface area (Å²) in [6, 6.07) is 10.2. The van der Waals surface area contributed by atoms with Crippen LogP contribution in [0, 0.1) is 13.8 Å². The standard InChI is InChI=1S/C25H33N3O3/c1-5-31-25(30)22-18(2)23(26-19(22)3)24(29)20(4)28-16-14-27(15-17-28)13-9-12-21-10-7-6-8-11-21/h6-12,20,26H,5,13-17H2,1-4H3/p+2/b12-9+/t20-/m1/s1. The highest BCUT2D eigenvalue weighted by atomic mass is 16.5. The number of H-pyrrole nitrogens is 1. The number of hydrogen-bond donors (Lipinski definition) is 3. The van der Waals surface area contributed by atoms with E-state index in [1.807, 2.05) is 26.8 Å². The number of nitrogens with one attached hydrogen (secondary N) is 3. The second-order valence-electron chi connectivity index (χ2n) is 8.36. The topological polar surface area (TPSA) is 68.0 Å². The van der Waals surface area contributed by atoms with Crippen LogP contribution in [0.1, 0.15) is 51.5 Å². The molecular weight excluding hydrogens is 390 g/mol. The predicted octanol–water partition coefficient (Wildman–Crippen LogP) is 0.876. The monoisotopic (exact) mass is 425 g/mol. The summed E-state index contributed by atoms with van der Waals surface area (Å²) in [7, 11) is 0. The van der Waals surface area contributed by atoms with Gasteiger partial charge in [-0.1, -0.05) is 36.4 Å². The molecule has 3 rings (SSSR count). The van der Waals surface area contributed by atoms with Crippen molar-refractivity contribution in [2.24, 2.45) is 0 Å². The van der Waals surface area contributed by atoms with Gasteiger partial charge in [-0.25, -0.2) is 4.79 Å². The molecule has 3 N–H and O–H groups in total. The lowest BCUT2D eigenvalue weighted by Crippen LogP contribution is -3.29. The van der Waals surface area contributed by atoms with E-state index in [2.05, 4.69) is 41.4 Å².